The summed E-state index contributed by atoms with van der Waals surface area (Å²) in [5.41, 5.74) is 19.2. The first-order valence-corrected chi connectivity index (χ1v) is 5.15. The van der Waals surface area contributed by atoms with Crippen molar-refractivity contribution < 1.29 is 0 Å². The van der Waals surface area contributed by atoms with E-state index in [0.717, 1.165) is 18.4 Å². The second kappa shape index (κ2) is 5.07. The summed E-state index contributed by atoms with van der Waals surface area (Å²) >= 11 is 0. The fourth-order valence-corrected chi connectivity index (χ4v) is 1.52. The van der Waals surface area contributed by atoms with E-state index in [1.807, 2.05) is 6.07 Å². The van der Waals surface area contributed by atoms with Crippen LogP contribution in [0.5, 0.6) is 0 Å². The van der Waals surface area contributed by atoms with E-state index in [9.17, 15) is 0 Å². The largest absolute Gasteiger partial charge is 0.397 e. The number of nitrogens with zero attached hydrogens (tertiary/aromatic N) is 1. The van der Waals surface area contributed by atoms with Crippen molar-refractivity contribution in [3.8, 4) is 0 Å². The minimum absolute atomic E-state index is 0. The van der Waals surface area contributed by atoms with Crippen LogP contribution in [-0.2, 0) is 0 Å². The molecule has 1 aromatic carbocycles. The highest BCUT2D eigenvalue weighted by Gasteiger charge is 2.16. The van der Waals surface area contributed by atoms with Gasteiger partial charge in [-0.1, -0.05) is 0 Å². The standard InChI is InChI=1S/C11H16N4.ClH/c12-9-5-4-7(6-10(9)13)11(14)15-8-2-1-3-8;/h4-6,8H,1-3,12-13H2,(H2,14,15);1H. The lowest BCUT2D eigenvalue weighted by molar-refractivity contribution is 0.420. The lowest BCUT2D eigenvalue weighted by atomic mass is 9.94. The Bertz CT molecular complexity index is 399. The topological polar surface area (TPSA) is 90.4 Å². The molecule has 1 fully saturated rings. The third-order valence-electron chi connectivity index (χ3n) is 2.78. The van der Waals surface area contributed by atoms with Crippen molar-refractivity contribution in [2.45, 2.75) is 25.3 Å². The Hall–Kier alpha value is -1.42. The molecule has 2 rings (SSSR count). The maximum Gasteiger partial charge on any atom is 0.125 e. The minimum Gasteiger partial charge on any atom is -0.397 e. The Labute approximate surface area is 101 Å². The van der Waals surface area contributed by atoms with Crippen molar-refractivity contribution in [2.75, 3.05) is 11.5 Å². The number of hydrogen-bond acceptors (Lipinski definition) is 3. The van der Waals surface area contributed by atoms with Gasteiger partial charge in [-0.2, -0.15) is 0 Å². The second-order valence-corrected chi connectivity index (χ2v) is 3.94. The molecule has 1 aromatic rings. The summed E-state index contributed by atoms with van der Waals surface area (Å²) in [6.45, 7) is 0. The molecule has 16 heavy (non-hydrogen) atoms. The van der Waals surface area contributed by atoms with Crippen molar-refractivity contribution in [3.05, 3.63) is 23.8 Å². The van der Waals surface area contributed by atoms with E-state index in [4.69, 9.17) is 17.2 Å². The average Bonchev–Trinajstić information content (AvgIpc) is 2.15. The summed E-state index contributed by atoms with van der Waals surface area (Å²) in [6.07, 6.45) is 3.54. The molecule has 5 heteroatoms. The molecule has 0 spiro atoms. The molecular weight excluding hydrogens is 224 g/mol. The number of hydrogen-bond donors (Lipinski definition) is 3. The van der Waals surface area contributed by atoms with Crippen LogP contribution in [0.15, 0.2) is 23.2 Å². The molecule has 6 N–H and O–H groups in total. The van der Waals surface area contributed by atoms with Crippen LogP contribution in [0.2, 0.25) is 0 Å². The summed E-state index contributed by atoms with van der Waals surface area (Å²) < 4.78 is 0. The molecule has 0 atom stereocenters. The van der Waals surface area contributed by atoms with Gasteiger partial charge in [0.25, 0.3) is 0 Å². The highest BCUT2D eigenvalue weighted by Crippen LogP contribution is 2.23. The maximum absolute atomic E-state index is 5.88. The minimum atomic E-state index is 0. The molecule has 0 aliphatic heterocycles. The fraction of sp³-hybridized carbons (Fsp3) is 0.364. The quantitative estimate of drug-likeness (QED) is 0.416. The summed E-state index contributed by atoms with van der Waals surface area (Å²) in [5, 5.41) is 0. The van der Waals surface area contributed by atoms with E-state index in [-0.39, 0.29) is 12.4 Å². The summed E-state index contributed by atoms with van der Waals surface area (Å²) in [6, 6.07) is 5.79. The molecule has 1 saturated carbocycles. The highest BCUT2D eigenvalue weighted by atomic mass is 35.5. The Morgan fingerprint density at radius 1 is 1.19 bits per heavy atom. The Morgan fingerprint density at radius 2 is 1.88 bits per heavy atom. The average molecular weight is 241 g/mol. The lowest BCUT2D eigenvalue weighted by Gasteiger charge is -2.21. The number of anilines is 2. The fourth-order valence-electron chi connectivity index (χ4n) is 1.52. The lowest BCUT2D eigenvalue weighted by Crippen LogP contribution is -2.22. The summed E-state index contributed by atoms with van der Waals surface area (Å²) in [4.78, 5) is 4.42. The van der Waals surface area contributed by atoms with Gasteiger partial charge in [-0.3, -0.25) is 4.99 Å². The molecule has 0 bridgehead atoms. The summed E-state index contributed by atoms with van der Waals surface area (Å²) in [5.74, 6) is 0.561. The predicted molar refractivity (Wildman–Crippen MR) is 70.9 cm³/mol. The van der Waals surface area contributed by atoms with Crippen molar-refractivity contribution in [1.29, 1.82) is 0 Å². The van der Waals surface area contributed by atoms with Crippen LogP contribution in [-0.4, -0.2) is 11.9 Å². The number of aliphatic imine (C=N–C) groups is 1. The van der Waals surface area contributed by atoms with Crippen LogP contribution in [0.25, 0.3) is 0 Å². The predicted octanol–water partition coefficient (Wildman–Crippen LogP) is 1.53. The monoisotopic (exact) mass is 240 g/mol. The number of nitrogens with two attached hydrogens (primary N) is 3. The Kier molecular flexibility index (Phi) is 4.01. The molecule has 88 valence electrons. The van der Waals surface area contributed by atoms with Gasteiger partial charge in [-0.15, -0.1) is 12.4 Å². The van der Waals surface area contributed by atoms with Gasteiger partial charge in [0.05, 0.1) is 17.4 Å². The van der Waals surface area contributed by atoms with Crippen molar-refractivity contribution in [3.63, 3.8) is 0 Å². The molecule has 0 radical (unpaired) electrons. The first-order valence-electron chi connectivity index (χ1n) is 5.15. The van der Waals surface area contributed by atoms with Gasteiger partial charge in [0.1, 0.15) is 5.84 Å². The van der Waals surface area contributed by atoms with E-state index in [0.29, 0.717) is 23.3 Å². The van der Waals surface area contributed by atoms with Crippen molar-refractivity contribution in [1.82, 2.24) is 0 Å². The van der Waals surface area contributed by atoms with Crippen LogP contribution in [0, 0.1) is 0 Å². The van der Waals surface area contributed by atoms with Crippen LogP contribution in [0.3, 0.4) is 0 Å². The zero-order valence-electron chi connectivity index (χ0n) is 9.02. The van der Waals surface area contributed by atoms with Crippen molar-refractivity contribution in [2.24, 2.45) is 10.7 Å². The number of benzene rings is 1. The summed E-state index contributed by atoms with van der Waals surface area (Å²) in [7, 11) is 0. The van der Waals surface area contributed by atoms with Gasteiger partial charge in [0, 0.05) is 5.56 Å². The normalized spacial score (nSPS) is 16.4. The van der Waals surface area contributed by atoms with Crippen LogP contribution in [0.1, 0.15) is 24.8 Å². The van der Waals surface area contributed by atoms with Gasteiger partial charge < -0.3 is 17.2 Å². The van der Waals surface area contributed by atoms with E-state index >= 15 is 0 Å². The first-order chi connectivity index (χ1) is 7.16. The molecule has 0 aromatic heterocycles. The Balaban J connectivity index is 0.00000128. The molecule has 0 amide bonds. The van der Waals surface area contributed by atoms with Crippen LogP contribution < -0.4 is 17.2 Å². The molecule has 0 unspecified atom stereocenters. The molecular formula is C11H17ClN4. The zero-order valence-corrected chi connectivity index (χ0v) is 9.83. The third kappa shape index (κ3) is 2.58. The SMILES string of the molecule is Cl.NC(=NC1CCC1)c1ccc(N)c(N)c1. The van der Waals surface area contributed by atoms with Gasteiger partial charge in [-0.25, -0.2) is 0 Å². The van der Waals surface area contributed by atoms with E-state index in [1.165, 1.54) is 6.42 Å². The zero-order chi connectivity index (χ0) is 10.8. The van der Waals surface area contributed by atoms with E-state index in [2.05, 4.69) is 4.99 Å². The number of amidine groups is 1. The van der Waals surface area contributed by atoms with Crippen molar-refractivity contribution >= 4 is 29.6 Å². The number of nitrogen functional groups attached to an aromatic ring is 2. The molecule has 0 saturated heterocycles. The second-order valence-electron chi connectivity index (χ2n) is 3.94. The molecule has 0 heterocycles. The first kappa shape index (κ1) is 12.6. The smallest absolute Gasteiger partial charge is 0.125 e. The van der Waals surface area contributed by atoms with Crippen LogP contribution in [0.4, 0.5) is 11.4 Å². The third-order valence-corrected chi connectivity index (χ3v) is 2.78. The highest BCUT2D eigenvalue weighted by molar-refractivity contribution is 5.99. The Morgan fingerprint density at radius 3 is 2.38 bits per heavy atom. The van der Waals surface area contributed by atoms with Gasteiger partial charge >= 0.3 is 0 Å². The molecule has 1 aliphatic rings. The van der Waals surface area contributed by atoms with Crippen LogP contribution >= 0.6 is 12.4 Å². The van der Waals surface area contributed by atoms with Gasteiger partial charge in [0.2, 0.25) is 0 Å². The van der Waals surface area contributed by atoms with Gasteiger partial charge in [-0.05, 0) is 37.5 Å². The molecule has 4 nitrogen and oxygen atoms in total. The van der Waals surface area contributed by atoms with Gasteiger partial charge in [0.15, 0.2) is 0 Å². The number of rotatable bonds is 2. The maximum atomic E-state index is 5.88. The number of halogens is 1. The molecule has 1 aliphatic carbocycles. The van der Waals surface area contributed by atoms with E-state index in [1.54, 1.807) is 12.1 Å². The van der Waals surface area contributed by atoms with E-state index < -0.39 is 0 Å².